The van der Waals surface area contributed by atoms with Gasteiger partial charge in [-0.15, -0.1) is 0 Å². The number of rotatable bonds is 3. The van der Waals surface area contributed by atoms with E-state index in [1.165, 1.54) is 6.07 Å². The lowest BCUT2D eigenvalue weighted by molar-refractivity contribution is -0.385. The van der Waals surface area contributed by atoms with Gasteiger partial charge in [-0.25, -0.2) is 0 Å². The zero-order chi connectivity index (χ0) is 12.3. The van der Waals surface area contributed by atoms with Gasteiger partial charge in [-0.2, -0.15) is 0 Å². The van der Waals surface area contributed by atoms with Crippen LogP contribution in [0.2, 0.25) is 0 Å². The minimum Gasteiger partial charge on any atom is -0.371 e. The van der Waals surface area contributed by atoms with Crippen LogP contribution in [0.4, 0.5) is 5.69 Å². The molecule has 0 aliphatic heterocycles. The maximum Gasteiger partial charge on any atom is 0.283 e. The van der Waals surface area contributed by atoms with Crippen LogP contribution in [0, 0.1) is 10.1 Å². The van der Waals surface area contributed by atoms with Gasteiger partial charge >= 0.3 is 0 Å². The monoisotopic (exact) mass is 287 g/mol. The molecule has 0 spiro atoms. The van der Waals surface area contributed by atoms with Crippen LogP contribution >= 0.6 is 15.9 Å². The first-order valence-corrected chi connectivity index (χ1v) is 5.66. The second-order valence-corrected chi connectivity index (χ2v) is 5.20. The summed E-state index contributed by atoms with van der Waals surface area (Å²) in [5.41, 5.74) is 0.587. The normalized spacial score (nSPS) is 11.5. The number of nitro benzene ring substituents is 1. The van der Waals surface area contributed by atoms with Gasteiger partial charge in [-0.05, 0) is 42.3 Å². The van der Waals surface area contributed by atoms with E-state index in [-0.39, 0.29) is 11.3 Å². The van der Waals surface area contributed by atoms with Crippen LogP contribution in [0.3, 0.4) is 0 Å². The average molecular weight is 288 g/mol. The quantitative estimate of drug-likeness (QED) is 0.630. The summed E-state index contributed by atoms with van der Waals surface area (Å²) in [6.45, 7) is 6.18. The third-order valence-electron chi connectivity index (χ3n) is 1.92. The highest BCUT2D eigenvalue weighted by atomic mass is 79.9. The Bertz CT molecular complexity index is 399. The van der Waals surface area contributed by atoms with Gasteiger partial charge in [0.05, 0.1) is 17.1 Å². The number of nitro groups is 1. The second kappa shape index (κ2) is 4.93. The first-order chi connectivity index (χ1) is 7.31. The van der Waals surface area contributed by atoms with E-state index in [0.717, 1.165) is 5.56 Å². The lowest BCUT2D eigenvalue weighted by Crippen LogP contribution is -2.18. The fourth-order valence-electron chi connectivity index (χ4n) is 1.11. The first kappa shape index (κ1) is 13.1. The highest BCUT2D eigenvalue weighted by molar-refractivity contribution is 9.10. The van der Waals surface area contributed by atoms with Crippen molar-refractivity contribution < 1.29 is 9.66 Å². The molecule has 0 aliphatic rings. The Morgan fingerprint density at radius 3 is 2.56 bits per heavy atom. The van der Waals surface area contributed by atoms with Gasteiger partial charge in [0.15, 0.2) is 0 Å². The molecule has 1 rings (SSSR count). The van der Waals surface area contributed by atoms with Crippen molar-refractivity contribution >= 4 is 21.6 Å². The number of nitrogens with zero attached hydrogens (tertiary/aromatic N) is 1. The number of halogens is 1. The fraction of sp³-hybridized carbons (Fsp3) is 0.455. The van der Waals surface area contributed by atoms with Crippen LogP contribution in [-0.2, 0) is 11.3 Å². The van der Waals surface area contributed by atoms with Gasteiger partial charge < -0.3 is 4.74 Å². The van der Waals surface area contributed by atoms with Gasteiger partial charge in [-0.3, -0.25) is 10.1 Å². The van der Waals surface area contributed by atoms with E-state index in [0.29, 0.717) is 11.1 Å². The molecular formula is C11H14BrNO3. The smallest absolute Gasteiger partial charge is 0.283 e. The van der Waals surface area contributed by atoms with Gasteiger partial charge in [0.25, 0.3) is 5.69 Å². The van der Waals surface area contributed by atoms with Crippen LogP contribution in [-0.4, -0.2) is 10.5 Å². The molecule has 4 nitrogen and oxygen atoms in total. The molecule has 0 radical (unpaired) electrons. The molecule has 0 heterocycles. The van der Waals surface area contributed by atoms with Crippen molar-refractivity contribution in [3.05, 3.63) is 38.3 Å². The fourth-order valence-corrected chi connectivity index (χ4v) is 1.64. The van der Waals surface area contributed by atoms with Crippen molar-refractivity contribution in [1.29, 1.82) is 0 Å². The zero-order valence-electron chi connectivity index (χ0n) is 9.49. The van der Waals surface area contributed by atoms with Crippen LogP contribution in [0.25, 0.3) is 0 Å². The third kappa shape index (κ3) is 3.57. The molecule has 1 aromatic carbocycles. The molecule has 0 bridgehead atoms. The molecule has 0 saturated carbocycles. The highest BCUT2D eigenvalue weighted by Crippen LogP contribution is 2.29. The molecule has 0 atom stereocenters. The topological polar surface area (TPSA) is 52.4 Å². The Labute approximate surface area is 103 Å². The number of ether oxygens (including phenoxy) is 1. The van der Waals surface area contributed by atoms with Crippen LogP contribution < -0.4 is 0 Å². The molecule has 0 N–H and O–H groups in total. The maximum atomic E-state index is 10.7. The van der Waals surface area contributed by atoms with Gasteiger partial charge in [0.2, 0.25) is 0 Å². The largest absolute Gasteiger partial charge is 0.371 e. The minimum absolute atomic E-state index is 0.0648. The molecule has 16 heavy (non-hydrogen) atoms. The second-order valence-electron chi connectivity index (χ2n) is 4.41. The van der Waals surface area contributed by atoms with Crippen molar-refractivity contribution in [1.82, 2.24) is 0 Å². The van der Waals surface area contributed by atoms with Gasteiger partial charge in [-0.1, -0.05) is 12.1 Å². The molecule has 0 unspecified atom stereocenters. The van der Waals surface area contributed by atoms with Crippen LogP contribution in [0.15, 0.2) is 22.7 Å². The SMILES string of the molecule is CC(C)(C)OCc1cccc([N+](=O)[O-])c1Br. The van der Waals surface area contributed by atoms with Crippen molar-refractivity contribution in [3.63, 3.8) is 0 Å². The van der Waals surface area contributed by atoms with Crippen LogP contribution in [0.1, 0.15) is 26.3 Å². The Balaban J connectivity index is 2.90. The summed E-state index contributed by atoms with van der Waals surface area (Å²) in [5.74, 6) is 0. The van der Waals surface area contributed by atoms with Crippen molar-refractivity contribution in [2.45, 2.75) is 33.0 Å². The third-order valence-corrected chi connectivity index (χ3v) is 2.83. The van der Waals surface area contributed by atoms with Gasteiger partial charge in [0.1, 0.15) is 4.47 Å². The predicted octanol–water partition coefficient (Wildman–Crippen LogP) is 3.67. The van der Waals surface area contributed by atoms with Crippen LogP contribution in [0.5, 0.6) is 0 Å². The van der Waals surface area contributed by atoms with Crippen molar-refractivity contribution in [3.8, 4) is 0 Å². The first-order valence-electron chi connectivity index (χ1n) is 4.87. The molecular weight excluding hydrogens is 274 g/mol. The lowest BCUT2D eigenvalue weighted by atomic mass is 10.1. The minimum atomic E-state index is -0.412. The van der Waals surface area contributed by atoms with E-state index in [1.54, 1.807) is 6.07 Å². The Morgan fingerprint density at radius 2 is 2.06 bits per heavy atom. The molecule has 5 heteroatoms. The maximum absolute atomic E-state index is 10.7. The van der Waals surface area contributed by atoms with E-state index < -0.39 is 4.92 Å². The Kier molecular flexibility index (Phi) is 4.04. The average Bonchev–Trinajstić information content (AvgIpc) is 2.14. The van der Waals surface area contributed by atoms with E-state index in [9.17, 15) is 10.1 Å². The predicted molar refractivity (Wildman–Crippen MR) is 65.3 cm³/mol. The molecule has 0 aromatic heterocycles. The molecule has 0 aliphatic carbocycles. The van der Waals surface area contributed by atoms with E-state index >= 15 is 0 Å². The number of hydrogen-bond donors (Lipinski definition) is 0. The standard InChI is InChI=1S/C11H14BrNO3/c1-11(2,3)16-7-8-5-4-6-9(10(8)12)13(14)15/h4-6H,7H2,1-3H3. The molecule has 0 saturated heterocycles. The molecule has 0 amide bonds. The molecule has 1 aromatic rings. The van der Waals surface area contributed by atoms with E-state index in [4.69, 9.17) is 4.74 Å². The van der Waals surface area contributed by atoms with E-state index in [2.05, 4.69) is 15.9 Å². The Morgan fingerprint density at radius 1 is 1.44 bits per heavy atom. The van der Waals surface area contributed by atoms with Crippen molar-refractivity contribution in [2.75, 3.05) is 0 Å². The summed E-state index contributed by atoms with van der Waals surface area (Å²) in [6.07, 6.45) is 0. The molecule has 88 valence electrons. The van der Waals surface area contributed by atoms with Gasteiger partial charge in [0, 0.05) is 6.07 Å². The molecule has 0 fully saturated rings. The summed E-state index contributed by atoms with van der Waals surface area (Å²) < 4.78 is 6.07. The summed E-state index contributed by atoms with van der Waals surface area (Å²) in [7, 11) is 0. The summed E-state index contributed by atoms with van der Waals surface area (Å²) in [5, 5.41) is 10.7. The summed E-state index contributed by atoms with van der Waals surface area (Å²) in [6, 6.07) is 4.93. The summed E-state index contributed by atoms with van der Waals surface area (Å²) in [4.78, 5) is 10.3. The number of hydrogen-bond acceptors (Lipinski definition) is 3. The zero-order valence-corrected chi connectivity index (χ0v) is 11.1. The summed E-state index contributed by atoms with van der Waals surface area (Å²) >= 11 is 3.23. The van der Waals surface area contributed by atoms with Crippen molar-refractivity contribution in [2.24, 2.45) is 0 Å². The van der Waals surface area contributed by atoms with E-state index in [1.807, 2.05) is 26.8 Å². The highest BCUT2D eigenvalue weighted by Gasteiger charge is 2.17. The number of benzene rings is 1. The lowest BCUT2D eigenvalue weighted by Gasteiger charge is -2.19. The Hall–Kier alpha value is -0.940.